The molecule has 1 aliphatic heterocycles. The number of nitrogens with zero attached hydrogens (tertiary/aromatic N) is 2. The van der Waals surface area contributed by atoms with Crippen molar-refractivity contribution in [1.29, 1.82) is 0 Å². The number of hydrogen-bond acceptors (Lipinski definition) is 2. The van der Waals surface area contributed by atoms with Crippen LogP contribution < -0.4 is 9.80 Å². The number of anilines is 6. The van der Waals surface area contributed by atoms with Crippen LogP contribution in [0.4, 0.5) is 34.1 Å². The molecule has 60 heavy (non-hydrogen) atoms. The Balaban J connectivity index is 1.15. The molecule has 0 aromatic heterocycles. The quantitative estimate of drug-likeness (QED) is 0.172. The van der Waals surface area contributed by atoms with E-state index in [9.17, 15) is 0 Å². The summed E-state index contributed by atoms with van der Waals surface area (Å²) in [5, 5.41) is 0. The van der Waals surface area contributed by atoms with Gasteiger partial charge in [0.2, 0.25) is 0 Å². The highest BCUT2D eigenvalue weighted by Gasteiger charge is 2.52. The summed E-state index contributed by atoms with van der Waals surface area (Å²) >= 11 is 0. The summed E-state index contributed by atoms with van der Waals surface area (Å²) < 4.78 is 0. The summed E-state index contributed by atoms with van der Waals surface area (Å²) in [5.74, 6) is 0. The Kier molecular flexibility index (Phi) is 7.52. The second-order valence-corrected chi connectivity index (χ2v) is 16.9. The van der Waals surface area contributed by atoms with Crippen molar-refractivity contribution in [3.8, 4) is 33.4 Å². The Hall–Kier alpha value is -7.42. The van der Waals surface area contributed by atoms with E-state index in [0.717, 1.165) is 22.7 Å². The number of para-hydroxylation sites is 3. The average Bonchev–Trinajstić information content (AvgIpc) is 3.73. The zero-order valence-corrected chi connectivity index (χ0v) is 33.7. The van der Waals surface area contributed by atoms with Gasteiger partial charge in [-0.05, 0) is 116 Å². The number of hydrogen-bond donors (Lipinski definition) is 0. The van der Waals surface area contributed by atoms with Gasteiger partial charge in [0.25, 0.3) is 0 Å². The van der Waals surface area contributed by atoms with E-state index in [4.69, 9.17) is 0 Å². The second-order valence-electron chi connectivity index (χ2n) is 16.9. The van der Waals surface area contributed by atoms with Crippen LogP contribution >= 0.6 is 0 Å². The summed E-state index contributed by atoms with van der Waals surface area (Å²) in [6, 6.07) is 81.0. The Morgan fingerprint density at radius 3 is 1.63 bits per heavy atom. The Bertz CT molecular complexity index is 3090. The van der Waals surface area contributed by atoms with Gasteiger partial charge in [-0.3, -0.25) is 0 Å². The highest BCUT2D eigenvalue weighted by Crippen LogP contribution is 2.65. The maximum atomic E-state index is 2.53. The fourth-order valence-electron chi connectivity index (χ4n) is 10.9. The molecule has 3 aliphatic rings. The first-order valence-corrected chi connectivity index (χ1v) is 21.0. The molecule has 2 nitrogen and oxygen atoms in total. The van der Waals surface area contributed by atoms with E-state index in [2.05, 4.69) is 242 Å². The fraction of sp³-hybridized carbons (Fsp3) is 0.0690. The molecule has 1 heterocycles. The number of fused-ring (bicyclic) bond motifs is 12. The van der Waals surface area contributed by atoms with Crippen LogP contribution in [-0.2, 0) is 10.8 Å². The van der Waals surface area contributed by atoms with E-state index in [-0.39, 0.29) is 5.41 Å². The summed E-state index contributed by atoms with van der Waals surface area (Å²) in [6.07, 6.45) is 0. The monoisotopic (exact) mass is 766 g/mol. The highest BCUT2D eigenvalue weighted by molar-refractivity contribution is 6.01. The molecule has 0 atom stereocenters. The lowest BCUT2D eigenvalue weighted by Crippen LogP contribution is -2.36. The minimum absolute atomic E-state index is 0.144. The highest BCUT2D eigenvalue weighted by atomic mass is 15.2. The molecule has 9 aromatic rings. The predicted octanol–water partition coefficient (Wildman–Crippen LogP) is 15.3. The molecule has 2 heteroatoms. The number of benzene rings is 9. The standard InChI is InChI=1S/C58H42N2/c1-57(2)47-27-11-9-25-44(47)45-36-35-43(38-52(45)57)59(42-24-17-21-40(37-42)39-19-5-3-6-20-39)55-34-18-31-51-56(55)46-26-10-12-28-48(46)58(51)49-29-13-15-32-53(49)60(41-22-7-4-8-23-41)54-33-16-14-30-50(54)58/h3-38H,1-2H3. The molecule has 0 amide bonds. The molecule has 0 saturated carbocycles. The first-order chi connectivity index (χ1) is 29.5. The van der Waals surface area contributed by atoms with Gasteiger partial charge in [-0.15, -0.1) is 0 Å². The minimum Gasteiger partial charge on any atom is -0.310 e. The van der Waals surface area contributed by atoms with Crippen molar-refractivity contribution >= 4 is 34.1 Å². The molecule has 1 spiro atoms. The Morgan fingerprint density at radius 2 is 0.900 bits per heavy atom. The van der Waals surface area contributed by atoms with Gasteiger partial charge >= 0.3 is 0 Å². The van der Waals surface area contributed by atoms with Gasteiger partial charge in [0, 0.05) is 28.0 Å². The maximum Gasteiger partial charge on any atom is 0.0755 e. The number of rotatable bonds is 5. The van der Waals surface area contributed by atoms with Crippen molar-refractivity contribution in [2.24, 2.45) is 0 Å². The van der Waals surface area contributed by atoms with Crippen LogP contribution in [-0.4, -0.2) is 0 Å². The molecular formula is C58H42N2. The normalized spacial score (nSPS) is 14.4. The van der Waals surface area contributed by atoms with Crippen LogP contribution in [0.1, 0.15) is 47.2 Å². The third-order valence-corrected chi connectivity index (χ3v) is 13.4. The van der Waals surface area contributed by atoms with Gasteiger partial charge in [-0.2, -0.15) is 0 Å². The van der Waals surface area contributed by atoms with Gasteiger partial charge < -0.3 is 9.80 Å². The van der Waals surface area contributed by atoms with Crippen LogP contribution in [0.3, 0.4) is 0 Å². The largest absolute Gasteiger partial charge is 0.310 e. The summed E-state index contributed by atoms with van der Waals surface area (Å²) in [7, 11) is 0. The third kappa shape index (κ3) is 4.76. The lowest BCUT2D eigenvalue weighted by Gasteiger charge is -2.45. The van der Waals surface area contributed by atoms with Crippen LogP contribution in [0.15, 0.2) is 218 Å². The summed E-state index contributed by atoms with van der Waals surface area (Å²) in [6.45, 7) is 4.75. The average molecular weight is 767 g/mol. The van der Waals surface area contributed by atoms with Crippen molar-refractivity contribution in [2.75, 3.05) is 9.80 Å². The molecule has 0 bridgehead atoms. The van der Waals surface area contributed by atoms with Crippen LogP contribution in [0.5, 0.6) is 0 Å². The van der Waals surface area contributed by atoms with Crippen LogP contribution in [0, 0.1) is 0 Å². The van der Waals surface area contributed by atoms with E-state index in [1.807, 2.05) is 0 Å². The lowest BCUT2D eigenvalue weighted by molar-refractivity contribution is 0.660. The topological polar surface area (TPSA) is 6.48 Å². The van der Waals surface area contributed by atoms with Crippen molar-refractivity contribution in [3.05, 3.63) is 252 Å². The molecule has 284 valence electrons. The van der Waals surface area contributed by atoms with E-state index in [1.165, 1.54) is 78.1 Å². The molecule has 2 aliphatic carbocycles. The molecular weight excluding hydrogens is 725 g/mol. The van der Waals surface area contributed by atoms with Gasteiger partial charge in [0.05, 0.1) is 22.5 Å². The molecule has 0 radical (unpaired) electrons. The van der Waals surface area contributed by atoms with E-state index >= 15 is 0 Å². The summed E-state index contributed by atoms with van der Waals surface area (Å²) in [4.78, 5) is 4.98. The van der Waals surface area contributed by atoms with Crippen molar-refractivity contribution in [1.82, 2.24) is 0 Å². The lowest BCUT2D eigenvalue weighted by atomic mass is 9.64. The minimum atomic E-state index is -0.556. The van der Waals surface area contributed by atoms with Gasteiger partial charge in [-0.25, -0.2) is 0 Å². The molecule has 0 saturated heterocycles. The summed E-state index contributed by atoms with van der Waals surface area (Å²) in [5.41, 5.74) is 21.7. The van der Waals surface area contributed by atoms with Crippen molar-refractivity contribution in [2.45, 2.75) is 24.7 Å². The van der Waals surface area contributed by atoms with Crippen molar-refractivity contribution in [3.63, 3.8) is 0 Å². The van der Waals surface area contributed by atoms with E-state index in [1.54, 1.807) is 0 Å². The van der Waals surface area contributed by atoms with Gasteiger partial charge in [-0.1, -0.05) is 178 Å². The van der Waals surface area contributed by atoms with Crippen LogP contribution in [0.2, 0.25) is 0 Å². The maximum absolute atomic E-state index is 2.53. The van der Waals surface area contributed by atoms with Crippen molar-refractivity contribution < 1.29 is 0 Å². The van der Waals surface area contributed by atoms with Gasteiger partial charge in [0.15, 0.2) is 0 Å². The second kappa shape index (κ2) is 13.0. The zero-order chi connectivity index (χ0) is 40.0. The molecule has 12 rings (SSSR count). The molecule has 0 unspecified atom stereocenters. The first-order valence-electron chi connectivity index (χ1n) is 21.0. The fourth-order valence-corrected chi connectivity index (χ4v) is 10.9. The zero-order valence-electron chi connectivity index (χ0n) is 33.7. The van der Waals surface area contributed by atoms with E-state index < -0.39 is 5.41 Å². The predicted molar refractivity (Wildman–Crippen MR) is 250 cm³/mol. The molecule has 0 fully saturated rings. The van der Waals surface area contributed by atoms with Crippen LogP contribution in [0.25, 0.3) is 33.4 Å². The molecule has 9 aromatic carbocycles. The smallest absolute Gasteiger partial charge is 0.0755 e. The Morgan fingerprint density at radius 1 is 0.367 bits per heavy atom. The SMILES string of the molecule is CC1(C)c2ccccc2-c2ccc(N(c3cccc(-c4ccccc4)c3)c3cccc4c3-c3ccccc3C43c4ccccc4N(c4ccccc4)c4ccccc43)cc21. The van der Waals surface area contributed by atoms with E-state index in [0.29, 0.717) is 0 Å². The first kappa shape index (κ1) is 34.6. The third-order valence-electron chi connectivity index (χ3n) is 13.4. The molecule has 0 N–H and O–H groups in total. The van der Waals surface area contributed by atoms with Gasteiger partial charge in [0.1, 0.15) is 0 Å². The Labute approximate surface area is 352 Å².